The molecule has 0 radical (unpaired) electrons. The van der Waals surface area contributed by atoms with E-state index >= 15 is 0 Å². The highest BCUT2D eigenvalue weighted by Gasteiger charge is 2.24. The van der Waals surface area contributed by atoms with Gasteiger partial charge in [0.25, 0.3) is 0 Å². The fourth-order valence-corrected chi connectivity index (χ4v) is 4.34. The summed E-state index contributed by atoms with van der Waals surface area (Å²) in [5.41, 5.74) is 2.29. The molecule has 8 nitrogen and oxygen atoms in total. The predicted octanol–water partition coefficient (Wildman–Crippen LogP) is 1.25. The van der Waals surface area contributed by atoms with Gasteiger partial charge in [0.1, 0.15) is 0 Å². The highest BCUT2D eigenvalue weighted by molar-refractivity contribution is 7.88. The van der Waals surface area contributed by atoms with Crippen LogP contribution in [0.25, 0.3) is 5.69 Å². The Morgan fingerprint density at radius 1 is 1.21 bits per heavy atom. The van der Waals surface area contributed by atoms with E-state index in [1.54, 1.807) is 17.5 Å². The Hall–Kier alpha value is -2.39. The summed E-state index contributed by atoms with van der Waals surface area (Å²) in [4.78, 5) is 4.28. The third-order valence-electron chi connectivity index (χ3n) is 5.24. The Morgan fingerprint density at radius 2 is 1.93 bits per heavy atom. The first-order valence-corrected chi connectivity index (χ1v) is 11.8. The van der Waals surface area contributed by atoms with E-state index < -0.39 is 10.0 Å². The molecule has 0 unspecified atom stereocenters. The molecule has 0 atom stereocenters. The smallest absolute Gasteiger partial charge is 0.211 e. The van der Waals surface area contributed by atoms with Crippen LogP contribution < -0.4 is 10.6 Å². The lowest BCUT2D eigenvalue weighted by atomic mass is 9.98. The zero-order chi connectivity index (χ0) is 20.7. The number of nitrogens with one attached hydrogen (secondary N) is 2. The third kappa shape index (κ3) is 6.30. The highest BCUT2D eigenvalue weighted by Crippen LogP contribution is 2.18. The van der Waals surface area contributed by atoms with Crippen molar-refractivity contribution in [1.82, 2.24) is 24.7 Å². The molecule has 0 spiro atoms. The van der Waals surface area contributed by atoms with Crippen molar-refractivity contribution in [3.8, 4) is 5.69 Å². The fourth-order valence-electron chi connectivity index (χ4n) is 3.47. The van der Waals surface area contributed by atoms with Gasteiger partial charge in [0.2, 0.25) is 10.0 Å². The van der Waals surface area contributed by atoms with Gasteiger partial charge in [-0.3, -0.25) is 4.99 Å². The molecule has 1 fully saturated rings. The van der Waals surface area contributed by atoms with Gasteiger partial charge in [-0.15, -0.1) is 0 Å². The minimum absolute atomic E-state index is 0.460. The first-order chi connectivity index (χ1) is 14.0. The number of hydrogen-bond acceptors (Lipinski definition) is 4. The van der Waals surface area contributed by atoms with E-state index in [9.17, 15) is 8.42 Å². The van der Waals surface area contributed by atoms with E-state index in [4.69, 9.17) is 0 Å². The molecule has 2 aromatic rings. The van der Waals surface area contributed by atoms with Crippen LogP contribution in [-0.4, -0.2) is 67.9 Å². The Kier molecular flexibility index (Phi) is 7.27. The largest absolute Gasteiger partial charge is 0.356 e. The molecule has 29 heavy (non-hydrogen) atoms. The molecule has 0 aliphatic carbocycles. The molecule has 1 aliphatic heterocycles. The van der Waals surface area contributed by atoms with E-state index in [1.165, 1.54) is 11.8 Å². The van der Waals surface area contributed by atoms with Gasteiger partial charge in [0, 0.05) is 45.6 Å². The highest BCUT2D eigenvalue weighted by atomic mass is 32.2. The van der Waals surface area contributed by atoms with Crippen molar-refractivity contribution in [2.75, 3.05) is 39.5 Å². The van der Waals surface area contributed by atoms with Crippen LogP contribution in [0.3, 0.4) is 0 Å². The second-order valence-corrected chi connectivity index (χ2v) is 9.33. The second kappa shape index (κ2) is 9.89. The number of nitrogens with zero attached hydrogens (tertiary/aromatic N) is 4. The number of sulfonamides is 1. The van der Waals surface area contributed by atoms with Gasteiger partial charge < -0.3 is 10.6 Å². The molecule has 1 aliphatic rings. The van der Waals surface area contributed by atoms with E-state index in [2.05, 4.69) is 45.0 Å². The summed E-state index contributed by atoms with van der Waals surface area (Å²) in [5, 5.41) is 10.9. The summed E-state index contributed by atoms with van der Waals surface area (Å²) >= 11 is 0. The number of guanidine groups is 1. The number of benzene rings is 1. The molecular weight excluding hydrogens is 388 g/mol. The normalized spacial score (nSPS) is 16.7. The second-order valence-electron chi connectivity index (χ2n) is 7.35. The number of aliphatic imine (C=N–C) groups is 1. The number of aromatic nitrogens is 2. The van der Waals surface area contributed by atoms with Crippen LogP contribution >= 0.6 is 0 Å². The van der Waals surface area contributed by atoms with Gasteiger partial charge in [-0.1, -0.05) is 12.1 Å². The van der Waals surface area contributed by atoms with E-state index in [0.29, 0.717) is 19.0 Å². The first-order valence-electron chi connectivity index (χ1n) is 9.94. The summed E-state index contributed by atoms with van der Waals surface area (Å²) in [6.45, 7) is 2.79. The minimum Gasteiger partial charge on any atom is -0.356 e. The third-order valence-corrected chi connectivity index (χ3v) is 6.54. The summed E-state index contributed by atoms with van der Waals surface area (Å²) in [5.74, 6) is 1.24. The van der Waals surface area contributed by atoms with Crippen molar-refractivity contribution in [2.45, 2.75) is 19.3 Å². The molecule has 0 saturated carbocycles. The molecule has 158 valence electrons. The fraction of sp³-hybridized carbons (Fsp3) is 0.500. The lowest BCUT2D eigenvalue weighted by molar-refractivity contribution is 0.275. The van der Waals surface area contributed by atoms with Gasteiger partial charge in [0.05, 0.1) is 11.9 Å². The van der Waals surface area contributed by atoms with E-state index in [-0.39, 0.29) is 0 Å². The maximum absolute atomic E-state index is 11.6. The van der Waals surface area contributed by atoms with Crippen molar-refractivity contribution >= 4 is 16.0 Å². The van der Waals surface area contributed by atoms with Gasteiger partial charge in [0.15, 0.2) is 5.96 Å². The Bertz CT molecular complexity index is 886. The Morgan fingerprint density at radius 3 is 2.52 bits per heavy atom. The van der Waals surface area contributed by atoms with Crippen molar-refractivity contribution in [3.63, 3.8) is 0 Å². The Labute approximate surface area is 173 Å². The van der Waals surface area contributed by atoms with Crippen LogP contribution in [0.15, 0.2) is 47.7 Å². The molecule has 2 heterocycles. The molecular formula is C20H30N6O2S. The van der Waals surface area contributed by atoms with Crippen LogP contribution in [-0.2, 0) is 16.4 Å². The molecule has 3 rings (SSSR count). The van der Waals surface area contributed by atoms with E-state index in [1.807, 2.05) is 16.9 Å². The van der Waals surface area contributed by atoms with Crippen LogP contribution in [0.5, 0.6) is 0 Å². The molecule has 0 bridgehead atoms. The monoisotopic (exact) mass is 418 g/mol. The number of piperidine rings is 1. The molecule has 9 heteroatoms. The summed E-state index contributed by atoms with van der Waals surface area (Å²) < 4.78 is 26.6. The van der Waals surface area contributed by atoms with Crippen LogP contribution in [0, 0.1) is 5.92 Å². The SMILES string of the molecule is CN=C(NCCc1ccc(-n2cccn2)cc1)NCC1CCN(S(C)(=O)=O)CC1. The standard InChI is InChI=1S/C20H30N6O2S/c1-21-20(23-16-18-9-14-25(15-10-18)29(2,27)28)22-12-8-17-4-6-19(7-5-17)26-13-3-11-24-26/h3-7,11,13,18H,8-10,12,14-16H2,1-2H3,(H2,21,22,23). The average Bonchev–Trinajstić information content (AvgIpc) is 3.25. The average molecular weight is 419 g/mol. The predicted molar refractivity (Wildman–Crippen MR) is 116 cm³/mol. The maximum Gasteiger partial charge on any atom is 0.211 e. The van der Waals surface area contributed by atoms with Crippen molar-refractivity contribution in [3.05, 3.63) is 48.3 Å². The number of hydrogen-bond donors (Lipinski definition) is 2. The van der Waals surface area contributed by atoms with Gasteiger partial charge >= 0.3 is 0 Å². The lowest BCUT2D eigenvalue weighted by Gasteiger charge is -2.30. The molecule has 0 amide bonds. The van der Waals surface area contributed by atoms with Crippen molar-refractivity contribution < 1.29 is 8.42 Å². The minimum atomic E-state index is -3.07. The molecule has 1 aromatic heterocycles. The summed E-state index contributed by atoms with van der Waals surface area (Å²) in [6, 6.07) is 10.3. The van der Waals surface area contributed by atoms with Crippen LogP contribution in [0.2, 0.25) is 0 Å². The molecule has 2 N–H and O–H groups in total. The topological polar surface area (TPSA) is 91.6 Å². The van der Waals surface area contributed by atoms with Crippen LogP contribution in [0.4, 0.5) is 0 Å². The first kappa shape index (κ1) is 21.3. The zero-order valence-corrected chi connectivity index (χ0v) is 17.9. The van der Waals surface area contributed by atoms with Gasteiger partial charge in [-0.2, -0.15) is 5.10 Å². The Balaban J connectivity index is 1.38. The zero-order valence-electron chi connectivity index (χ0n) is 17.1. The quantitative estimate of drug-likeness (QED) is 0.522. The summed E-state index contributed by atoms with van der Waals surface area (Å²) in [6.07, 6.45) is 7.62. The maximum atomic E-state index is 11.6. The van der Waals surface area contributed by atoms with Crippen molar-refractivity contribution in [1.29, 1.82) is 0 Å². The molecule has 1 aromatic carbocycles. The summed E-state index contributed by atoms with van der Waals surface area (Å²) in [7, 11) is -1.30. The van der Waals surface area contributed by atoms with Crippen molar-refractivity contribution in [2.24, 2.45) is 10.9 Å². The van der Waals surface area contributed by atoms with Gasteiger partial charge in [-0.25, -0.2) is 17.4 Å². The van der Waals surface area contributed by atoms with Crippen LogP contribution in [0.1, 0.15) is 18.4 Å². The number of rotatable bonds is 7. The molecule has 1 saturated heterocycles. The lowest BCUT2D eigenvalue weighted by Crippen LogP contribution is -2.44. The van der Waals surface area contributed by atoms with Gasteiger partial charge in [-0.05, 0) is 48.9 Å². The van der Waals surface area contributed by atoms with E-state index in [0.717, 1.165) is 44.0 Å².